The minimum absolute atomic E-state index is 0.00498. The third kappa shape index (κ3) is 3.10. The van der Waals surface area contributed by atoms with E-state index in [1.54, 1.807) is 6.07 Å². The van der Waals surface area contributed by atoms with Crippen LogP contribution in [0.3, 0.4) is 0 Å². The number of nitrogens with zero attached hydrogens (tertiary/aromatic N) is 4. The van der Waals surface area contributed by atoms with E-state index in [1.807, 2.05) is 23.1 Å². The zero-order chi connectivity index (χ0) is 19.1. The van der Waals surface area contributed by atoms with Crippen molar-refractivity contribution in [3.8, 4) is 6.07 Å². The molecule has 2 aromatic rings. The Hall–Kier alpha value is -2.40. The predicted molar refractivity (Wildman–Crippen MR) is 93.1 cm³/mol. The van der Waals surface area contributed by atoms with E-state index in [2.05, 4.69) is 16.3 Å². The normalized spacial score (nSPS) is 22.7. The van der Waals surface area contributed by atoms with Gasteiger partial charge in [-0.25, -0.2) is 0 Å². The van der Waals surface area contributed by atoms with Crippen molar-refractivity contribution < 1.29 is 17.9 Å². The number of piperidine rings is 1. The summed E-state index contributed by atoms with van der Waals surface area (Å²) in [5.74, 6) is -1.35. The summed E-state index contributed by atoms with van der Waals surface area (Å²) in [6, 6.07) is 9.34. The van der Waals surface area contributed by atoms with Crippen molar-refractivity contribution in [3.05, 3.63) is 30.0 Å². The minimum atomic E-state index is -4.24. The van der Waals surface area contributed by atoms with Crippen molar-refractivity contribution in [2.24, 2.45) is 11.3 Å². The predicted octanol–water partition coefficient (Wildman–Crippen LogP) is 3.69. The molecule has 1 aromatic heterocycles. The molecule has 1 aromatic carbocycles. The van der Waals surface area contributed by atoms with Gasteiger partial charge in [-0.2, -0.15) is 18.4 Å². The Morgan fingerprint density at radius 2 is 1.93 bits per heavy atom. The second-order valence-corrected chi connectivity index (χ2v) is 7.31. The Morgan fingerprint density at radius 3 is 2.63 bits per heavy atom. The van der Waals surface area contributed by atoms with Gasteiger partial charge in [-0.15, -0.1) is 10.2 Å². The van der Waals surface area contributed by atoms with Gasteiger partial charge in [-0.3, -0.25) is 0 Å². The highest BCUT2D eigenvalue weighted by molar-refractivity contribution is 5.93. The quantitative estimate of drug-likeness (QED) is 0.760. The third-order valence-corrected chi connectivity index (χ3v) is 5.88. The summed E-state index contributed by atoms with van der Waals surface area (Å²) in [5.41, 5.74) is 0.479. The van der Waals surface area contributed by atoms with Crippen molar-refractivity contribution in [1.29, 1.82) is 5.26 Å². The SMILES string of the molecule is N#Cc1nnc2ccccc2c1N1CC[C@H](C(F)(F)F)C2(CCOCC2)C1. The van der Waals surface area contributed by atoms with Crippen LogP contribution >= 0.6 is 0 Å². The number of hydrogen-bond donors (Lipinski definition) is 0. The highest BCUT2D eigenvalue weighted by Crippen LogP contribution is 2.52. The van der Waals surface area contributed by atoms with Gasteiger partial charge in [-0.1, -0.05) is 18.2 Å². The van der Waals surface area contributed by atoms with Gasteiger partial charge in [0.25, 0.3) is 0 Å². The molecule has 1 spiro atoms. The highest BCUT2D eigenvalue weighted by Gasteiger charge is 2.56. The maximum absolute atomic E-state index is 13.8. The fraction of sp³-hybridized carbons (Fsp3) is 0.526. The number of aromatic nitrogens is 2. The Balaban J connectivity index is 1.79. The van der Waals surface area contributed by atoms with Gasteiger partial charge < -0.3 is 9.64 Å². The lowest BCUT2D eigenvalue weighted by Crippen LogP contribution is -2.55. The van der Waals surface area contributed by atoms with Gasteiger partial charge in [-0.05, 0) is 25.3 Å². The van der Waals surface area contributed by atoms with Gasteiger partial charge in [0.05, 0.1) is 17.1 Å². The fourth-order valence-electron chi connectivity index (χ4n) is 4.58. The summed E-state index contributed by atoms with van der Waals surface area (Å²) in [6.07, 6.45) is -3.50. The Bertz CT molecular complexity index is 887. The highest BCUT2D eigenvalue weighted by atomic mass is 19.4. The first-order valence-corrected chi connectivity index (χ1v) is 8.99. The van der Waals surface area contributed by atoms with Crippen LogP contribution in [0.1, 0.15) is 25.0 Å². The van der Waals surface area contributed by atoms with Crippen LogP contribution < -0.4 is 4.90 Å². The molecule has 0 N–H and O–H groups in total. The number of halogens is 3. The lowest BCUT2D eigenvalue weighted by atomic mass is 9.65. The van der Waals surface area contributed by atoms with Gasteiger partial charge in [0.15, 0.2) is 5.69 Å². The maximum atomic E-state index is 13.8. The molecule has 27 heavy (non-hydrogen) atoms. The molecule has 2 saturated heterocycles. The van der Waals surface area contributed by atoms with Crippen molar-refractivity contribution in [3.63, 3.8) is 0 Å². The van der Waals surface area contributed by atoms with Crippen LogP contribution in [-0.2, 0) is 4.74 Å². The molecule has 5 nitrogen and oxygen atoms in total. The molecule has 0 radical (unpaired) electrons. The lowest BCUT2D eigenvalue weighted by molar-refractivity contribution is -0.223. The van der Waals surface area contributed by atoms with E-state index >= 15 is 0 Å². The van der Waals surface area contributed by atoms with E-state index in [1.165, 1.54) is 0 Å². The molecule has 0 amide bonds. The molecule has 0 bridgehead atoms. The summed E-state index contributed by atoms with van der Waals surface area (Å²) in [4.78, 5) is 1.91. The second-order valence-electron chi connectivity index (χ2n) is 7.31. The number of fused-ring (bicyclic) bond motifs is 1. The van der Waals surface area contributed by atoms with E-state index in [0.29, 0.717) is 37.3 Å². The van der Waals surface area contributed by atoms with Crippen LogP contribution in [0.15, 0.2) is 24.3 Å². The van der Waals surface area contributed by atoms with Crippen molar-refractivity contribution in [2.75, 3.05) is 31.2 Å². The second kappa shape index (κ2) is 6.64. The van der Waals surface area contributed by atoms with Crippen molar-refractivity contribution in [2.45, 2.75) is 25.4 Å². The number of nitriles is 1. The summed E-state index contributed by atoms with van der Waals surface area (Å²) < 4.78 is 46.6. The van der Waals surface area contributed by atoms with Gasteiger partial charge in [0.2, 0.25) is 0 Å². The van der Waals surface area contributed by atoms with Crippen LogP contribution in [0.25, 0.3) is 10.9 Å². The van der Waals surface area contributed by atoms with Crippen LogP contribution in [0, 0.1) is 22.7 Å². The van der Waals surface area contributed by atoms with E-state index in [0.717, 1.165) is 5.39 Å². The van der Waals surface area contributed by atoms with E-state index in [-0.39, 0.29) is 25.2 Å². The zero-order valence-corrected chi connectivity index (χ0v) is 14.7. The smallest absolute Gasteiger partial charge is 0.381 e. The standard InChI is InChI=1S/C19H19F3N4O/c20-19(21,22)16-5-8-26(12-18(16)6-9-27-10-7-18)17-13-3-1-2-4-14(13)24-25-15(17)11-23/h1-4,16H,5-10,12H2/t16-/m0/s1. The van der Waals surface area contributed by atoms with E-state index < -0.39 is 17.5 Å². The van der Waals surface area contributed by atoms with E-state index in [9.17, 15) is 18.4 Å². The Morgan fingerprint density at radius 1 is 1.19 bits per heavy atom. The minimum Gasteiger partial charge on any atom is -0.381 e. The number of anilines is 1. The summed E-state index contributed by atoms with van der Waals surface area (Å²) in [5, 5.41) is 18.3. The molecular formula is C19H19F3N4O. The first kappa shape index (κ1) is 18.0. The molecule has 3 heterocycles. The Kier molecular flexibility index (Phi) is 4.42. The van der Waals surface area contributed by atoms with Crippen molar-refractivity contribution in [1.82, 2.24) is 10.2 Å². The molecule has 2 fully saturated rings. The lowest BCUT2D eigenvalue weighted by Gasteiger charge is -2.51. The molecule has 0 aliphatic carbocycles. The first-order chi connectivity index (χ1) is 12.9. The van der Waals surface area contributed by atoms with Gasteiger partial charge in [0, 0.05) is 37.1 Å². The average Bonchev–Trinajstić information content (AvgIpc) is 2.66. The summed E-state index contributed by atoms with van der Waals surface area (Å²) in [6.45, 7) is 1.14. The molecule has 0 saturated carbocycles. The number of rotatable bonds is 1. The number of alkyl halides is 3. The molecule has 142 valence electrons. The Labute approximate surface area is 154 Å². The van der Waals surface area contributed by atoms with Gasteiger partial charge >= 0.3 is 6.18 Å². The molecule has 2 aliphatic rings. The maximum Gasteiger partial charge on any atom is 0.392 e. The number of benzene rings is 1. The van der Waals surface area contributed by atoms with E-state index in [4.69, 9.17) is 4.74 Å². The monoisotopic (exact) mass is 376 g/mol. The first-order valence-electron chi connectivity index (χ1n) is 8.99. The molecule has 8 heteroatoms. The summed E-state index contributed by atoms with van der Waals surface area (Å²) >= 11 is 0. The number of ether oxygens (including phenoxy) is 1. The average molecular weight is 376 g/mol. The largest absolute Gasteiger partial charge is 0.392 e. The third-order valence-electron chi connectivity index (χ3n) is 5.88. The number of hydrogen-bond acceptors (Lipinski definition) is 5. The van der Waals surface area contributed by atoms with Crippen LogP contribution in [-0.4, -0.2) is 42.7 Å². The zero-order valence-electron chi connectivity index (χ0n) is 14.7. The van der Waals surface area contributed by atoms with Crippen LogP contribution in [0.5, 0.6) is 0 Å². The topological polar surface area (TPSA) is 62.0 Å². The van der Waals surface area contributed by atoms with Crippen molar-refractivity contribution >= 4 is 16.6 Å². The van der Waals surface area contributed by atoms with Crippen LogP contribution in [0.4, 0.5) is 18.9 Å². The fourth-order valence-corrected chi connectivity index (χ4v) is 4.58. The molecular weight excluding hydrogens is 357 g/mol. The molecule has 2 aliphatic heterocycles. The summed E-state index contributed by atoms with van der Waals surface area (Å²) in [7, 11) is 0. The molecule has 1 atom stereocenters. The van der Waals surface area contributed by atoms with Crippen LogP contribution in [0.2, 0.25) is 0 Å². The van der Waals surface area contributed by atoms with Gasteiger partial charge in [0.1, 0.15) is 6.07 Å². The molecule has 0 unspecified atom stereocenters. The molecule has 4 rings (SSSR count).